The highest BCUT2D eigenvalue weighted by atomic mass is 19.1. The molecule has 2 aromatic rings. The number of hydrogen-bond acceptors (Lipinski definition) is 4. The maximum absolute atomic E-state index is 13.9. The molecule has 0 unspecified atom stereocenters. The number of amides is 2. The van der Waals surface area contributed by atoms with Crippen LogP contribution in [0, 0.1) is 11.6 Å². The second-order valence-corrected chi connectivity index (χ2v) is 6.44. The number of carbonyl (C=O) groups excluding carboxylic acids is 1. The van der Waals surface area contributed by atoms with Gasteiger partial charge in [-0.25, -0.2) is 13.6 Å². The zero-order chi connectivity index (χ0) is 19.4. The van der Waals surface area contributed by atoms with Crippen LogP contribution in [-0.2, 0) is 6.54 Å². The van der Waals surface area contributed by atoms with E-state index in [2.05, 4.69) is 4.98 Å². The summed E-state index contributed by atoms with van der Waals surface area (Å²) < 4.78 is 32.5. The van der Waals surface area contributed by atoms with Crippen LogP contribution in [0.1, 0.15) is 5.56 Å². The molecule has 2 amide bonds. The lowest BCUT2D eigenvalue weighted by atomic mass is 10.2. The lowest BCUT2D eigenvalue weighted by molar-refractivity contribution is 0.157. The first kappa shape index (κ1) is 18.9. The number of anilines is 1. The van der Waals surface area contributed by atoms with Crippen molar-refractivity contribution in [2.45, 2.75) is 6.54 Å². The molecular weight excluding hydrogens is 354 g/mol. The van der Waals surface area contributed by atoms with Gasteiger partial charge in [-0.15, -0.1) is 0 Å². The Morgan fingerprint density at radius 2 is 1.96 bits per heavy atom. The zero-order valence-corrected chi connectivity index (χ0v) is 15.4. The summed E-state index contributed by atoms with van der Waals surface area (Å²) in [4.78, 5) is 21.6. The minimum atomic E-state index is -0.404. The second kappa shape index (κ2) is 8.20. The number of benzene rings is 1. The van der Waals surface area contributed by atoms with Crippen molar-refractivity contribution < 1.29 is 18.3 Å². The molecule has 1 aromatic heterocycles. The Balaban J connectivity index is 1.59. The molecule has 0 radical (unpaired) electrons. The summed E-state index contributed by atoms with van der Waals surface area (Å²) in [6, 6.07) is 5.88. The minimum Gasteiger partial charge on any atom is -0.497 e. The van der Waals surface area contributed by atoms with Gasteiger partial charge in [-0.2, -0.15) is 0 Å². The van der Waals surface area contributed by atoms with Crippen LogP contribution < -0.4 is 9.64 Å². The molecule has 144 valence electrons. The number of urea groups is 1. The van der Waals surface area contributed by atoms with Crippen LogP contribution in [-0.4, -0.2) is 61.2 Å². The molecule has 0 N–H and O–H groups in total. The Kier molecular flexibility index (Phi) is 5.73. The number of hydrogen-bond donors (Lipinski definition) is 0. The van der Waals surface area contributed by atoms with Gasteiger partial charge in [0.2, 0.25) is 0 Å². The van der Waals surface area contributed by atoms with Crippen molar-refractivity contribution in [3.63, 3.8) is 0 Å². The largest absolute Gasteiger partial charge is 0.497 e. The Morgan fingerprint density at radius 1 is 1.22 bits per heavy atom. The molecule has 1 saturated heterocycles. The maximum atomic E-state index is 13.9. The number of halogens is 2. The molecule has 0 spiro atoms. The average Bonchev–Trinajstić information content (AvgIpc) is 2.67. The molecule has 8 heteroatoms. The first-order chi connectivity index (χ1) is 13.0. The van der Waals surface area contributed by atoms with E-state index >= 15 is 0 Å². The molecule has 0 aliphatic carbocycles. The molecule has 1 aliphatic rings. The van der Waals surface area contributed by atoms with Crippen molar-refractivity contribution in [2.75, 3.05) is 45.2 Å². The van der Waals surface area contributed by atoms with E-state index in [1.165, 1.54) is 30.3 Å². The van der Waals surface area contributed by atoms with Gasteiger partial charge in [0, 0.05) is 52.0 Å². The number of ether oxygens (including phenoxy) is 1. The predicted molar refractivity (Wildman–Crippen MR) is 97.8 cm³/mol. The molecule has 6 nitrogen and oxygen atoms in total. The van der Waals surface area contributed by atoms with E-state index in [0.29, 0.717) is 43.2 Å². The minimum absolute atomic E-state index is 0.145. The summed E-state index contributed by atoms with van der Waals surface area (Å²) in [7, 11) is 3.15. The van der Waals surface area contributed by atoms with Crippen LogP contribution >= 0.6 is 0 Å². The number of nitrogens with zero attached hydrogens (tertiary/aromatic N) is 4. The Hall–Kier alpha value is -2.90. The summed E-state index contributed by atoms with van der Waals surface area (Å²) in [5.74, 6) is -0.355. The second-order valence-electron chi connectivity index (χ2n) is 6.44. The smallest absolute Gasteiger partial charge is 0.320 e. The van der Waals surface area contributed by atoms with Gasteiger partial charge in [0.25, 0.3) is 0 Å². The first-order valence-electron chi connectivity index (χ1n) is 8.66. The molecule has 3 rings (SSSR count). The fourth-order valence-electron chi connectivity index (χ4n) is 3.18. The maximum Gasteiger partial charge on any atom is 0.320 e. The van der Waals surface area contributed by atoms with E-state index in [-0.39, 0.29) is 18.4 Å². The highest BCUT2D eigenvalue weighted by Crippen LogP contribution is 2.20. The highest BCUT2D eigenvalue weighted by Gasteiger charge is 2.25. The molecule has 27 heavy (non-hydrogen) atoms. The third-order valence-corrected chi connectivity index (χ3v) is 4.56. The van der Waals surface area contributed by atoms with Crippen molar-refractivity contribution in [1.82, 2.24) is 14.8 Å². The summed E-state index contributed by atoms with van der Waals surface area (Å²) in [5.41, 5.74) is 1.15. The van der Waals surface area contributed by atoms with Gasteiger partial charge in [-0.1, -0.05) is 0 Å². The lowest BCUT2D eigenvalue weighted by Crippen LogP contribution is -2.52. The third-order valence-electron chi connectivity index (χ3n) is 4.56. The third kappa shape index (κ3) is 4.45. The van der Waals surface area contributed by atoms with Gasteiger partial charge < -0.3 is 19.4 Å². The van der Waals surface area contributed by atoms with Crippen LogP contribution in [0.5, 0.6) is 5.75 Å². The quantitative estimate of drug-likeness (QED) is 0.823. The molecule has 0 bridgehead atoms. The topological polar surface area (TPSA) is 48.9 Å². The monoisotopic (exact) mass is 376 g/mol. The van der Waals surface area contributed by atoms with Gasteiger partial charge >= 0.3 is 6.03 Å². The van der Waals surface area contributed by atoms with E-state index in [1.807, 2.05) is 4.90 Å². The van der Waals surface area contributed by atoms with E-state index < -0.39 is 5.82 Å². The molecule has 1 fully saturated rings. The van der Waals surface area contributed by atoms with E-state index in [4.69, 9.17) is 4.74 Å². The zero-order valence-electron chi connectivity index (χ0n) is 15.4. The number of methoxy groups -OCH3 is 1. The van der Waals surface area contributed by atoms with Crippen LogP contribution in [0.25, 0.3) is 0 Å². The van der Waals surface area contributed by atoms with E-state index in [0.717, 1.165) is 0 Å². The van der Waals surface area contributed by atoms with Crippen molar-refractivity contribution in [3.05, 3.63) is 53.9 Å². The molecule has 0 saturated carbocycles. The Bertz CT molecular complexity index is 810. The van der Waals surface area contributed by atoms with Crippen molar-refractivity contribution in [1.29, 1.82) is 0 Å². The number of pyridine rings is 1. The van der Waals surface area contributed by atoms with Crippen LogP contribution in [0.3, 0.4) is 0 Å². The number of rotatable bonds is 4. The van der Waals surface area contributed by atoms with Crippen LogP contribution in [0.2, 0.25) is 0 Å². The molecule has 0 atom stereocenters. The molecule has 1 aromatic carbocycles. The summed E-state index contributed by atoms with van der Waals surface area (Å²) >= 11 is 0. The van der Waals surface area contributed by atoms with Crippen molar-refractivity contribution in [3.8, 4) is 5.75 Å². The van der Waals surface area contributed by atoms with Gasteiger partial charge in [0.05, 0.1) is 19.0 Å². The SMILES string of the molecule is COc1cc(F)cc(CN(C)C(=O)N2CCN(c3ccncc3F)CC2)c1. The van der Waals surface area contributed by atoms with E-state index in [1.54, 1.807) is 30.3 Å². The van der Waals surface area contributed by atoms with Gasteiger partial charge in [-0.05, 0) is 23.8 Å². The summed E-state index contributed by atoms with van der Waals surface area (Å²) in [5, 5.41) is 0. The Morgan fingerprint density at radius 3 is 2.63 bits per heavy atom. The number of piperazine rings is 1. The fourth-order valence-corrected chi connectivity index (χ4v) is 3.18. The van der Waals surface area contributed by atoms with Crippen LogP contribution in [0.4, 0.5) is 19.3 Å². The number of aromatic nitrogens is 1. The highest BCUT2D eigenvalue weighted by molar-refractivity contribution is 5.74. The predicted octanol–water partition coefficient (Wildman–Crippen LogP) is 2.74. The Labute approximate surface area is 157 Å². The fraction of sp³-hybridized carbons (Fsp3) is 0.368. The normalized spacial score (nSPS) is 14.2. The van der Waals surface area contributed by atoms with Crippen LogP contribution in [0.15, 0.2) is 36.7 Å². The average molecular weight is 376 g/mol. The summed E-state index contributed by atoms with van der Waals surface area (Å²) in [6.45, 7) is 2.31. The first-order valence-corrected chi connectivity index (χ1v) is 8.66. The van der Waals surface area contributed by atoms with Crippen molar-refractivity contribution >= 4 is 11.7 Å². The standard InChI is InChI=1S/C19H22F2N4O2/c1-23(13-14-9-15(20)11-16(10-14)27-2)19(26)25-7-5-24(6-8-25)18-3-4-22-12-17(18)21/h3-4,9-12H,5-8,13H2,1-2H3. The van der Waals surface area contributed by atoms with Gasteiger partial charge in [0.1, 0.15) is 11.6 Å². The van der Waals surface area contributed by atoms with E-state index in [9.17, 15) is 13.6 Å². The lowest BCUT2D eigenvalue weighted by Gasteiger charge is -2.37. The van der Waals surface area contributed by atoms with Gasteiger partial charge in [0.15, 0.2) is 5.82 Å². The van der Waals surface area contributed by atoms with Crippen molar-refractivity contribution in [2.24, 2.45) is 0 Å². The summed E-state index contributed by atoms with van der Waals surface area (Å²) in [6.07, 6.45) is 2.74. The molecular formula is C19H22F2N4O2. The van der Waals surface area contributed by atoms with Gasteiger partial charge in [-0.3, -0.25) is 4.98 Å². The molecule has 2 heterocycles. The molecule has 1 aliphatic heterocycles. The number of carbonyl (C=O) groups is 1.